The molecule has 4 aliphatic carbocycles. The molecule has 2 aromatic rings. The Morgan fingerprint density at radius 2 is 1.87 bits per heavy atom. The van der Waals surface area contributed by atoms with E-state index in [9.17, 15) is 14.7 Å². The van der Waals surface area contributed by atoms with Crippen molar-refractivity contribution in [3.8, 4) is 5.75 Å². The van der Waals surface area contributed by atoms with Crippen molar-refractivity contribution >= 4 is 23.5 Å². The molecule has 3 heterocycles. The number of piperazine rings is 1. The van der Waals surface area contributed by atoms with Gasteiger partial charge < -0.3 is 36.0 Å². The molecule has 1 aromatic heterocycles. The van der Waals surface area contributed by atoms with E-state index < -0.39 is 6.10 Å². The van der Waals surface area contributed by atoms with Crippen molar-refractivity contribution in [3.05, 3.63) is 82.1 Å². The van der Waals surface area contributed by atoms with Crippen molar-refractivity contribution in [3.63, 3.8) is 0 Å². The molecule has 11 nitrogen and oxygen atoms in total. The highest BCUT2D eigenvalue weighted by molar-refractivity contribution is 5.95. The molecule has 5 N–H and O–H groups in total. The standard InChI is InChI=1S/C41H53N7O4/c1-27-2-7-33(42)8-5-31(27)26-52-36-9-6-30-24-46(13-10-29(30)18-36)25-35(49)23-43-39(50)32-19-37(44-34-21-41(22-34)11-12-41)45-38(20-32)47-14-16-48(17-15-47)40(51)28-3-4-28/h2,5-6,8-9,18-20,28,34-35,49H,3-4,7,10-17,21-26,42H2,1H3,(H,43,50)(H,44,45)/t35-/m0/s1. The first kappa shape index (κ1) is 34.7. The first-order valence-electron chi connectivity index (χ1n) is 19.3. The first-order chi connectivity index (χ1) is 25.2. The number of nitrogens with zero attached hydrogens (tertiary/aromatic N) is 4. The summed E-state index contributed by atoms with van der Waals surface area (Å²) in [6, 6.07) is 10.4. The summed E-state index contributed by atoms with van der Waals surface area (Å²) in [6.07, 6.45) is 14.1. The van der Waals surface area contributed by atoms with Gasteiger partial charge in [0.1, 0.15) is 24.0 Å². The van der Waals surface area contributed by atoms with Gasteiger partial charge in [-0.05, 0) is 110 Å². The van der Waals surface area contributed by atoms with Gasteiger partial charge in [0, 0.05) is 82.0 Å². The van der Waals surface area contributed by atoms with Crippen LogP contribution in [0.25, 0.3) is 0 Å². The molecule has 8 rings (SSSR count). The van der Waals surface area contributed by atoms with Crippen LogP contribution < -0.4 is 26.0 Å². The molecule has 276 valence electrons. The second-order valence-electron chi connectivity index (χ2n) is 16.0. The number of carbonyl (C=O) groups is 2. The fourth-order valence-corrected chi connectivity index (χ4v) is 8.15. The third-order valence-corrected chi connectivity index (χ3v) is 11.9. The molecule has 52 heavy (non-hydrogen) atoms. The number of carbonyl (C=O) groups excluding carboxylic acids is 2. The lowest BCUT2D eigenvalue weighted by Crippen LogP contribution is -2.49. The Hall–Kier alpha value is -4.35. The molecular weight excluding hydrogens is 654 g/mol. The lowest BCUT2D eigenvalue weighted by molar-refractivity contribution is -0.132. The summed E-state index contributed by atoms with van der Waals surface area (Å²) < 4.78 is 6.17. The van der Waals surface area contributed by atoms with E-state index in [1.165, 1.54) is 29.5 Å². The van der Waals surface area contributed by atoms with Gasteiger partial charge in [-0.1, -0.05) is 18.2 Å². The van der Waals surface area contributed by atoms with Gasteiger partial charge in [0.2, 0.25) is 5.91 Å². The number of pyridine rings is 1. The number of amides is 2. The van der Waals surface area contributed by atoms with Gasteiger partial charge in [-0.25, -0.2) is 4.98 Å². The summed E-state index contributed by atoms with van der Waals surface area (Å²) in [6.45, 7) is 7.51. The van der Waals surface area contributed by atoms with Crippen molar-refractivity contribution < 1.29 is 19.4 Å². The summed E-state index contributed by atoms with van der Waals surface area (Å²) in [7, 11) is 0. The largest absolute Gasteiger partial charge is 0.489 e. The quantitative estimate of drug-likeness (QED) is 0.257. The summed E-state index contributed by atoms with van der Waals surface area (Å²) in [5.41, 5.74) is 12.8. The maximum Gasteiger partial charge on any atom is 0.251 e. The van der Waals surface area contributed by atoms with Gasteiger partial charge >= 0.3 is 0 Å². The van der Waals surface area contributed by atoms with Crippen molar-refractivity contribution in [2.45, 2.75) is 77.0 Å². The zero-order chi connectivity index (χ0) is 35.8. The van der Waals surface area contributed by atoms with Crippen LogP contribution in [0.4, 0.5) is 11.6 Å². The fraction of sp³-hybridized carbons (Fsp3) is 0.537. The van der Waals surface area contributed by atoms with Crippen LogP contribution in [0.15, 0.2) is 65.4 Å². The van der Waals surface area contributed by atoms with Crippen LogP contribution in [0, 0.1) is 11.3 Å². The molecular formula is C41H53N7O4. The van der Waals surface area contributed by atoms with Crippen molar-refractivity contribution in [2.75, 3.05) is 62.6 Å². The van der Waals surface area contributed by atoms with E-state index in [2.05, 4.69) is 45.6 Å². The number of hydrogen-bond donors (Lipinski definition) is 4. The number of aliphatic hydroxyl groups excluding tert-OH is 1. The van der Waals surface area contributed by atoms with Gasteiger partial charge in [-0.2, -0.15) is 0 Å². The number of aliphatic hydroxyl groups is 1. The number of benzene rings is 1. The minimum Gasteiger partial charge on any atom is -0.489 e. The molecule has 1 saturated heterocycles. The molecule has 1 aromatic carbocycles. The average molecular weight is 708 g/mol. The summed E-state index contributed by atoms with van der Waals surface area (Å²) in [4.78, 5) is 37.5. The Bertz CT molecular complexity index is 1780. The first-order valence-corrected chi connectivity index (χ1v) is 19.3. The molecule has 1 spiro atoms. The van der Waals surface area contributed by atoms with Crippen molar-refractivity contribution in [2.24, 2.45) is 17.1 Å². The number of nitrogens with one attached hydrogen (secondary N) is 2. The number of nitrogens with two attached hydrogens (primary N) is 1. The van der Waals surface area contributed by atoms with Gasteiger partial charge in [-0.15, -0.1) is 0 Å². The summed E-state index contributed by atoms with van der Waals surface area (Å²) >= 11 is 0. The Morgan fingerprint density at radius 3 is 2.63 bits per heavy atom. The maximum absolute atomic E-state index is 13.5. The number of hydrogen-bond acceptors (Lipinski definition) is 9. The smallest absolute Gasteiger partial charge is 0.251 e. The molecule has 0 radical (unpaired) electrons. The van der Waals surface area contributed by atoms with Crippen LogP contribution in [0.2, 0.25) is 0 Å². The van der Waals surface area contributed by atoms with E-state index in [-0.39, 0.29) is 24.3 Å². The van der Waals surface area contributed by atoms with Gasteiger partial charge in [0.15, 0.2) is 0 Å². The Morgan fingerprint density at radius 1 is 1.06 bits per heavy atom. The SMILES string of the molecule is CC1=CCC(N)=CC=C1COc1ccc2c(c1)CCN(C[C@@H](O)CNC(=O)c1cc(NC3CC4(CC4)C3)nc(N3CCN(C(=O)C4CC4)CC3)c1)C2. The predicted octanol–water partition coefficient (Wildman–Crippen LogP) is 4.14. The second kappa shape index (κ2) is 14.6. The molecule has 2 amide bonds. The number of β-amino-alcohol motifs (C(OH)–C–C–N with tert-alkyl or cyclic N) is 1. The van der Waals surface area contributed by atoms with Gasteiger partial charge in [0.25, 0.3) is 5.91 Å². The van der Waals surface area contributed by atoms with E-state index in [0.717, 1.165) is 80.3 Å². The Labute approximate surface area is 307 Å². The van der Waals surface area contributed by atoms with Crippen LogP contribution in [0.3, 0.4) is 0 Å². The highest BCUT2D eigenvalue weighted by Gasteiger charge is 2.53. The topological polar surface area (TPSA) is 136 Å². The van der Waals surface area contributed by atoms with E-state index >= 15 is 0 Å². The molecule has 11 heteroatoms. The summed E-state index contributed by atoms with van der Waals surface area (Å²) in [5, 5.41) is 17.6. The Balaban J connectivity index is 0.844. The van der Waals surface area contributed by atoms with E-state index in [1.807, 2.05) is 35.3 Å². The number of anilines is 2. The lowest BCUT2D eigenvalue weighted by atomic mass is 9.77. The fourth-order valence-electron chi connectivity index (χ4n) is 8.15. The number of fused-ring (bicyclic) bond motifs is 1. The van der Waals surface area contributed by atoms with Crippen LogP contribution in [0.5, 0.6) is 5.75 Å². The number of aromatic nitrogens is 1. The zero-order valence-electron chi connectivity index (χ0n) is 30.4. The van der Waals surface area contributed by atoms with E-state index in [4.69, 9.17) is 15.5 Å². The second-order valence-corrected chi connectivity index (χ2v) is 16.0. The molecule has 2 aliphatic heterocycles. The van der Waals surface area contributed by atoms with Crippen LogP contribution in [-0.4, -0.2) is 96.3 Å². The number of rotatable bonds is 12. The third-order valence-electron chi connectivity index (χ3n) is 11.9. The molecule has 4 fully saturated rings. The minimum absolute atomic E-state index is 0.160. The van der Waals surface area contributed by atoms with Crippen molar-refractivity contribution in [1.29, 1.82) is 0 Å². The highest BCUT2D eigenvalue weighted by atomic mass is 16.5. The number of allylic oxidation sites excluding steroid dienone is 3. The Kier molecular flexibility index (Phi) is 9.74. The minimum atomic E-state index is -0.707. The molecule has 0 unspecified atom stereocenters. The maximum atomic E-state index is 13.5. The molecule has 0 bridgehead atoms. The molecule has 6 aliphatic rings. The lowest BCUT2D eigenvalue weighted by Gasteiger charge is -2.38. The predicted molar refractivity (Wildman–Crippen MR) is 202 cm³/mol. The van der Waals surface area contributed by atoms with E-state index in [0.29, 0.717) is 56.4 Å². The molecule has 3 saturated carbocycles. The highest BCUT2D eigenvalue weighted by Crippen LogP contribution is 2.61. The summed E-state index contributed by atoms with van der Waals surface area (Å²) in [5.74, 6) is 2.61. The van der Waals surface area contributed by atoms with Crippen LogP contribution in [-0.2, 0) is 17.8 Å². The monoisotopic (exact) mass is 707 g/mol. The van der Waals surface area contributed by atoms with E-state index in [1.54, 1.807) is 0 Å². The van der Waals surface area contributed by atoms with Crippen LogP contribution in [0.1, 0.15) is 73.4 Å². The van der Waals surface area contributed by atoms with Gasteiger partial charge in [0.05, 0.1) is 6.10 Å². The zero-order valence-corrected chi connectivity index (χ0v) is 30.4. The van der Waals surface area contributed by atoms with Crippen LogP contribution >= 0.6 is 0 Å². The third kappa shape index (κ3) is 8.15. The molecule has 1 atom stereocenters. The van der Waals surface area contributed by atoms with Gasteiger partial charge in [-0.3, -0.25) is 14.5 Å². The average Bonchev–Trinajstić information content (AvgIpc) is 4.07. The van der Waals surface area contributed by atoms with Crippen molar-refractivity contribution in [1.82, 2.24) is 20.1 Å². The normalized spacial score (nSPS) is 21.9. The number of ether oxygens (including phenoxy) is 1.